The number of furan rings is 1. The fourth-order valence-electron chi connectivity index (χ4n) is 2.84. The van der Waals surface area contributed by atoms with Gasteiger partial charge >= 0.3 is 0 Å². The van der Waals surface area contributed by atoms with Gasteiger partial charge in [-0.2, -0.15) is 5.26 Å². The molecule has 0 saturated carbocycles. The van der Waals surface area contributed by atoms with Gasteiger partial charge in [-0.05, 0) is 48.9 Å². The van der Waals surface area contributed by atoms with Gasteiger partial charge in [0.15, 0.2) is 0 Å². The quantitative estimate of drug-likeness (QED) is 0.603. The van der Waals surface area contributed by atoms with Crippen molar-refractivity contribution in [3.8, 4) is 17.4 Å². The molecule has 0 aliphatic carbocycles. The molecule has 8 heteroatoms. The molecule has 0 unspecified atom stereocenters. The minimum Gasteiger partial charge on any atom is -0.457 e. The van der Waals surface area contributed by atoms with Crippen LogP contribution in [0.2, 0.25) is 10.0 Å². The van der Waals surface area contributed by atoms with Crippen LogP contribution in [0.15, 0.2) is 51.5 Å². The van der Waals surface area contributed by atoms with Crippen LogP contribution >= 0.6 is 23.2 Å². The third-order valence-corrected chi connectivity index (χ3v) is 4.82. The van der Waals surface area contributed by atoms with E-state index in [4.69, 9.17) is 32.7 Å². The van der Waals surface area contributed by atoms with Crippen LogP contribution in [-0.2, 0) is 9.59 Å². The predicted molar refractivity (Wildman–Crippen MR) is 104 cm³/mol. The Morgan fingerprint density at radius 2 is 1.96 bits per heavy atom. The molecule has 28 heavy (non-hydrogen) atoms. The highest BCUT2D eigenvalue weighted by atomic mass is 35.5. The van der Waals surface area contributed by atoms with E-state index in [0.717, 1.165) is 4.90 Å². The minimum absolute atomic E-state index is 0.141. The first-order valence-electron chi connectivity index (χ1n) is 8.22. The molecule has 0 bridgehead atoms. The molecular weight excluding hydrogens is 403 g/mol. The summed E-state index contributed by atoms with van der Waals surface area (Å²) in [5.74, 6) is -0.534. The molecule has 1 N–H and O–H groups in total. The molecule has 2 amide bonds. The van der Waals surface area contributed by atoms with E-state index < -0.39 is 18.4 Å². The number of nitriles is 1. The van der Waals surface area contributed by atoms with Crippen molar-refractivity contribution in [3.63, 3.8) is 0 Å². The molecule has 2 aromatic rings. The molecule has 1 aromatic heterocycles. The Bertz CT molecular complexity index is 1080. The van der Waals surface area contributed by atoms with E-state index in [1.807, 2.05) is 6.07 Å². The largest absolute Gasteiger partial charge is 0.457 e. The topological polar surface area (TPSA) is 94.5 Å². The molecular formula is C20H14Cl2N2O4. The number of benzene rings is 1. The third-order valence-electron chi connectivity index (χ3n) is 4.26. The Kier molecular flexibility index (Phi) is 5.71. The number of imide groups is 1. The Labute approximate surface area is 170 Å². The fourth-order valence-corrected chi connectivity index (χ4v) is 3.22. The number of aliphatic hydroxyl groups is 1. The summed E-state index contributed by atoms with van der Waals surface area (Å²) in [7, 11) is 0. The van der Waals surface area contributed by atoms with Gasteiger partial charge in [-0.1, -0.05) is 23.2 Å². The lowest BCUT2D eigenvalue weighted by Gasteiger charge is -2.26. The molecule has 0 spiro atoms. The van der Waals surface area contributed by atoms with Crippen LogP contribution in [0.3, 0.4) is 0 Å². The molecule has 3 rings (SSSR count). The zero-order valence-electron chi connectivity index (χ0n) is 14.7. The Morgan fingerprint density at radius 3 is 2.64 bits per heavy atom. The molecule has 2 heterocycles. The molecule has 0 radical (unpaired) electrons. The lowest BCUT2D eigenvalue weighted by molar-refractivity contribution is -0.140. The highest BCUT2D eigenvalue weighted by molar-refractivity contribution is 6.35. The average molecular weight is 417 g/mol. The van der Waals surface area contributed by atoms with E-state index in [1.165, 1.54) is 13.0 Å². The van der Waals surface area contributed by atoms with E-state index in [2.05, 4.69) is 0 Å². The summed E-state index contributed by atoms with van der Waals surface area (Å²) in [6.45, 7) is 0.920. The van der Waals surface area contributed by atoms with E-state index in [1.54, 1.807) is 30.3 Å². The first-order valence-corrected chi connectivity index (χ1v) is 8.98. The van der Waals surface area contributed by atoms with Crippen molar-refractivity contribution in [1.82, 2.24) is 4.90 Å². The summed E-state index contributed by atoms with van der Waals surface area (Å²) in [6.07, 6.45) is 1.45. The second kappa shape index (κ2) is 8.03. The third kappa shape index (κ3) is 3.60. The van der Waals surface area contributed by atoms with Gasteiger partial charge in [-0.3, -0.25) is 14.5 Å². The van der Waals surface area contributed by atoms with E-state index in [-0.39, 0.29) is 23.3 Å². The highest BCUT2D eigenvalue weighted by Crippen LogP contribution is 2.33. The summed E-state index contributed by atoms with van der Waals surface area (Å²) >= 11 is 12.2. The molecule has 6 nitrogen and oxygen atoms in total. The second-order valence-electron chi connectivity index (χ2n) is 5.98. The smallest absolute Gasteiger partial charge is 0.271 e. The fraction of sp³-hybridized carbons (Fsp3) is 0.150. The molecule has 1 aliphatic rings. The van der Waals surface area contributed by atoms with Crippen LogP contribution in [0, 0.1) is 11.3 Å². The van der Waals surface area contributed by atoms with Gasteiger partial charge in [0.2, 0.25) is 0 Å². The van der Waals surface area contributed by atoms with Gasteiger partial charge in [0.1, 0.15) is 23.2 Å². The monoisotopic (exact) mass is 416 g/mol. The van der Waals surface area contributed by atoms with Crippen molar-refractivity contribution >= 4 is 41.1 Å². The summed E-state index contributed by atoms with van der Waals surface area (Å²) in [5.41, 5.74) is 0.841. The first-order chi connectivity index (χ1) is 13.4. The SMILES string of the molecule is CC1=C(C#N)C(=O)N(CCO)C(=O)C1=Cc1ccc(-c2cc(Cl)ccc2Cl)o1. The van der Waals surface area contributed by atoms with Crippen LogP contribution in [0.25, 0.3) is 17.4 Å². The number of hydrogen-bond acceptors (Lipinski definition) is 5. The second-order valence-corrected chi connectivity index (χ2v) is 6.83. The van der Waals surface area contributed by atoms with Crippen LogP contribution < -0.4 is 0 Å². The summed E-state index contributed by atoms with van der Waals surface area (Å²) < 4.78 is 5.77. The number of amides is 2. The number of rotatable bonds is 4. The lowest BCUT2D eigenvalue weighted by Crippen LogP contribution is -2.44. The Hall–Kier alpha value is -2.85. The molecule has 142 valence electrons. The lowest BCUT2D eigenvalue weighted by atomic mass is 9.95. The molecule has 0 fully saturated rings. The maximum absolute atomic E-state index is 12.7. The highest BCUT2D eigenvalue weighted by Gasteiger charge is 2.35. The van der Waals surface area contributed by atoms with Gasteiger partial charge in [0.25, 0.3) is 11.8 Å². The van der Waals surface area contributed by atoms with Crippen LogP contribution in [0.4, 0.5) is 0 Å². The zero-order chi connectivity index (χ0) is 20.4. The van der Waals surface area contributed by atoms with Crippen molar-refractivity contribution in [3.05, 3.63) is 62.9 Å². The van der Waals surface area contributed by atoms with Gasteiger partial charge < -0.3 is 9.52 Å². The van der Waals surface area contributed by atoms with Gasteiger partial charge in [-0.25, -0.2) is 0 Å². The maximum atomic E-state index is 12.7. The summed E-state index contributed by atoms with van der Waals surface area (Å²) in [4.78, 5) is 25.8. The van der Waals surface area contributed by atoms with Gasteiger partial charge in [0.05, 0.1) is 18.2 Å². The maximum Gasteiger partial charge on any atom is 0.271 e. The molecule has 0 atom stereocenters. The molecule has 0 saturated heterocycles. The van der Waals surface area contributed by atoms with Gasteiger partial charge in [0, 0.05) is 16.2 Å². The van der Waals surface area contributed by atoms with Crippen LogP contribution in [0.1, 0.15) is 12.7 Å². The summed E-state index contributed by atoms with van der Waals surface area (Å²) in [6, 6.07) is 10.1. The summed E-state index contributed by atoms with van der Waals surface area (Å²) in [5, 5.41) is 19.4. The van der Waals surface area contributed by atoms with Gasteiger partial charge in [-0.15, -0.1) is 0 Å². The minimum atomic E-state index is -0.720. The average Bonchev–Trinajstić information content (AvgIpc) is 3.13. The number of halogens is 2. The number of nitrogens with zero attached hydrogens (tertiary/aromatic N) is 2. The van der Waals surface area contributed by atoms with Crippen LogP contribution in [0.5, 0.6) is 0 Å². The van der Waals surface area contributed by atoms with Crippen molar-refractivity contribution in [2.75, 3.05) is 13.2 Å². The molecule has 1 aromatic carbocycles. The van der Waals surface area contributed by atoms with Crippen molar-refractivity contribution < 1.29 is 19.1 Å². The Morgan fingerprint density at radius 1 is 1.21 bits per heavy atom. The van der Waals surface area contributed by atoms with Crippen LogP contribution in [-0.4, -0.2) is 35.0 Å². The molecule has 1 aliphatic heterocycles. The number of carbonyl (C=O) groups is 2. The normalized spacial score (nSPS) is 16.1. The number of β-amino-alcohol motifs (C(OH)–C–C–N with tert-alkyl or cyclic N) is 1. The number of carbonyl (C=O) groups excluding carboxylic acids is 2. The number of hydrogen-bond donors (Lipinski definition) is 1. The number of aliphatic hydroxyl groups excluding tert-OH is 1. The predicted octanol–water partition coefficient (Wildman–Crippen LogP) is 3.84. The van der Waals surface area contributed by atoms with E-state index >= 15 is 0 Å². The van der Waals surface area contributed by atoms with Crippen molar-refractivity contribution in [2.45, 2.75) is 6.92 Å². The van der Waals surface area contributed by atoms with Crippen molar-refractivity contribution in [1.29, 1.82) is 5.26 Å². The van der Waals surface area contributed by atoms with E-state index in [9.17, 15) is 14.9 Å². The first kappa shape index (κ1) is 19.9. The van der Waals surface area contributed by atoms with Crippen molar-refractivity contribution in [2.24, 2.45) is 0 Å². The van der Waals surface area contributed by atoms with E-state index in [0.29, 0.717) is 27.1 Å². The standard InChI is InChI=1S/C20H14Cl2N2O4/c1-11-14(19(26)24(6-7-25)20(27)16(11)10-23)9-13-3-5-18(28-13)15-8-12(21)2-4-17(15)22/h2-5,8-9,25H,6-7H2,1H3. The Balaban J connectivity index is 2.05. The zero-order valence-corrected chi connectivity index (χ0v) is 16.2.